The van der Waals surface area contributed by atoms with E-state index >= 15 is 0 Å². The summed E-state index contributed by atoms with van der Waals surface area (Å²) in [5, 5.41) is 0. The van der Waals surface area contributed by atoms with E-state index in [1.54, 1.807) is 6.92 Å². The van der Waals surface area contributed by atoms with E-state index in [4.69, 9.17) is 4.74 Å². The molecule has 0 aliphatic carbocycles. The normalized spacial score (nSPS) is 20.2. The molecular weight excluding hydrogens is 269 g/mol. The van der Waals surface area contributed by atoms with Crippen molar-refractivity contribution in [1.82, 2.24) is 0 Å². The summed E-state index contributed by atoms with van der Waals surface area (Å²) in [6.07, 6.45) is 2.51. The Morgan fingerprint density at radius 1 is 1.42 bits per heavy atom. The molecule has 0 amide bonds. The van der Waals surface area contributed by atoms with E-state index in [-0.39, 0.29) is 17.7 Å². The second kappa shape index (κ2) is 5.88. The molecule has 0 bridgehead atoms. The van der Waals surface area contributed by atoms with Gasteiger partial charge in [-0.1, -0.05) is 0 Å². The first-order valence-corrected chi connectivity index (χ1v) is 8.00. The quantitative estimate of drug-likeness (QED) is 0.925. The molecule has 1 atom stereocenters. The summed E-state index contributed by atoms with van der Waals surface area (Å²) in [4.78, 5) is 0. The minimum Gasteiger partial charge on any atom is -0.377 e. The van der Waals surface area contributed by atoms with E-state index in [1.807, 2.05) is 0 Å². The Morgan fingerprint density at radius 2 is 2.21 bits per heavy atom. The predicted octanol–water partition coefficient (Wildman–Crippen LogP) is 2.44. The van der Waals surface area contributed by atoms with Crippen LogP contribution >= 0.6 is 0 Å². The molecule has 106 valence electrons. The van der Waals surface area contributed by atoms with Gasteiger partial charge in [0.25, 0.3) is 0 Å². The number of anilines is 1. The van der Waals surface area contributed by atoms with Gasteiger partial charge in [-0.05, 0) is 49.9 Å². The van der Waals surface area contributed by atoms with Crippen LogP contribution in [0.4, 0.5) is 10.1 Å². The molecule has 0 unspecified atom stereocenters. The lowest BCUT2D eigenvalue weighted by atomic mass is 10.1. The molecule has 1 aliphatic rings. The van der Waals surface area contributed by atoms with Gasteiger partial charge in [-0.15, -0.1) is 0 Å². The average Bonchev–Trinajstić information content (AvgIpc) is 2.33. The van der Waals surface area contributed by atoms with Gasteiger partial charge in [-0.25, -0.2) is 12.8 Å². The van der Waals surface area contributed by atoms with E-state index in [0.29, 0.717) is 17.9 Å². The first-order chi connectivity index (χ1) is 8.96. The van der Waals surface area contributed by atoms with E-state index in [2.05, 4.69) is 4.72 Å². The monoisotopic (exact) mass is 287 g/mol. The summed E-state index contributed by atoms with van der Waals surface area (Å²) in [7, 11) is -3.47. The number of aryl methyl sites for hydroxylation is 1. The Balaban J connectivity index is 2.03. The fourth-order valence-corrected chi connectivity index (χ4v) is 3.53. The van der Waals surface area contributed by atoms with Gasteiger partial charge < -0.3 is 4.74 Å². The molecule has 0 saturated carbocycles. The highest BCUT2D eigenvalue weighted by Crippen LogP contribution is 2.19. The summed E-state index contributed by atoms with van der Waals surface area (Å²) in [6, 6.07) is 3.97. The van der Waals surface area contributed by atoms with E-state index < -0.39 is 10.0 Å². The van der Waals surface area contributed by atoms with Crippen LogP contribution in [0, 0.1) is 12.7 Å². The maximum atomic E-state index is 13.0. The molecule has 1 N–H and O–H groups in total. The van der Waals surface area contributed by atoms with Gasteiger partial charge in [0.05, 0.1) is 17.5 Å². The first kappa shape index (κ1) is 14.3. The number of benzene rings is 1. The zero-order chi connectivity index (χ0) is 13.9. The van der Waals surface area contributed by atoms with Gasteiger partial charge in [0.15, 0.2) is 0 Å². The van der Waals surface area contributed by atoms with Gasteiger partial charge in [0.2, 0.25) is 10.0 Å². The fraction of sp³-hybridized carbons (Fsp3) is 0.538. The van der Waals surface area contributed by atoms with Gasteiger partial charge in [0.1, 0.15) is 5.82 Å². The van der Waals surface area contributed by atoms with E-state index in [9.17, 15) is 12.8 Å². The van der Waals surface area contributed by atoms with E-state index in [0.717, 1.165) is 19.3 Å². The predicted molar refractivity (Wildman–Crippen MR) is 72.1 cm³/mol. The Labute approximate surface area is 113 Å². The molecule has 1 aromatic rings. The Bertz CT molecular complexity index is 539. The van der Waals surface area contributed by atoms with Crippen molar-refractivity contribution in [2.45, 2.75) is 32.3 Å². The number of nitrogens with one attached hydrogen (secondary N) is 1. The molecule has 2 rings (SSSR count). The highest BCUT2D eigenvalue weighted by Gasteiger charge is 2.22. The highest BCUT2D eigenvalue weighted by atomic mass is 32.2. The van der Waals surface area contributed by atoms with Crippen LogP contribution in [0.25, 0.3) is 0 Å². The lowest BCUT2D eigenvalue weighted by Gasteiger charge is -2.22. The molecule has 1 saturated heterocycles. The van der Waals surface area contributed by atoms with Crippen molar-refractivity contribution in [2.75, 3.05) is 17.1 Å². The topological polar surface area (TPSA) is 55.4 Å². The molecule has 0 radical (unpaired) electrons. The lowest BCUT2D eigenvalue weighted by molar-refractivity contribution is 0.0306. The number of rotatable bonds is 4. The van der Waals surface area contributed by atoms with Crippen LogP contribution in [0.2, 0.25) is 0 Å². The maximum Gasteiger partial charge on any atom is 0.235 e. The zero-order valence-electron chi connectivity index (χ0n) is 10.9. The lowest BCUT2D eigenvalue weighted by Crippen LogP contribution is -2.31. The minimum atomic E-state index is -3.47. The Hall–Kier alpha value is -1.14. The summed E-state index contributed by atoms with van der Waals surface area (Å²) in [5.41, 5.74) is 0.977. The average molecular weight is 287 g/mol. The van der Waals surface area contributed by atoms with Crippen molar-refractivity contribution in [1.29, 1.82) is 0 Å². The molecule has 4 nitrogen and oxygen atoms in total. The molecule has 6 heteroatoms. The SMILES string of the molecule is Cc1cc(F)ccc1NS(=O)(=O)C[C@H]1CCCCO1. The number of hydrogen-bond acceptors (Lipinski definition) is 3. The second-order valence-electron chi connectivity index (χ2n) is 4.83. The van der Waals surface area contributed by atoms with E-state index in [1.165, 1.54) is 18.2 Å². The molecule has 1 aromatic carbocycles. The van der Waals surface area contributed by atoms with Crippen LogP contribution in [0.15, 0.2) is 18.2 Å². The van der Waals surface area contributed by atoms with Gasteiger partial charge >= 0.3 is 0 Å². The number of hydrogen-bond donors (Lipinski definition) is 1. The van der Waals surface area contributed by atoms with Crippen LogP contribution in [0.1, 0.15) is 24.8 Å². The van der Waals surface area contributed by atoms with Gasteiger partial charge in [-0.3, -0.25) is 4.72 Å². The molecule has 1 heterocycles. The summed E-state index contributed by atoms with van der Waals surface area (Å²) in [6.45, 7) is 2.29. The summed E-state index contributed by atoms with van der Waals surface area (Å²) >= 11 is 0. The van der Waals surface area contributed by atoms with Crippen molar-refractivity contribution in [3.8, 4) is 0 Å². The van der Waals surface area contributed by atoms with Gasteiger partial charge in [0, 0.05) is 6.61 Å². The van der Waals surface area contributed by atoms with Crippen molar-refractivity contribution < 1.29 is 17.5 Å². The first-order valence-electron chi connectivity index (χ1n) is 6.34. The van der Waals surface area contributed by atoms with Crippen LogP contribution < -0.4 is 4.72 Å². The van der Waals surface area contributed by atoms with Gasteiger partial charge in [-0.2, -0.15) is 0 Å². The third kappa shape index (κ3) is 4.18. The fourth-order valence-electron chi connectivity index (χ4n) is 2.13. The van der Waals surface area contributed by atoms with Crippen molar-refractivity contribution >= 4 is 15.7 Å². The zero-order valence-corrected chi connectivity index (χ0v) is 11.7. The largest absolute Gasteiger partial charge is 0.377 e. The molecule has 0 aromatic heterocycles. The minimum absolute atomic E-state index is 0.0518. The molecule has 0 spiro atoms. The van der Waals surface area contributed by atoms with Crippen LogP contribution in [-0.2, 0) is 14.8 Å². The third-order valence-corrected chi connectivity index (χ3v) is 4.47. The standard InChI is InChI=1S/C13H18FNO3S/c1-10-8-11(14)5-6-13(10)15-19(16,17)9-12-4-2-3-7-18-12/h5-6,8,12,15H,2-4,7,9H2,1H3/t12-/m1/s1. The van der Waals surface area contributed by atoms with Crippen LogP contribution in [-0.4, -0.2) is 26.9 Å². The summed E-state index contributed by atoms with van der Waals surface area (Å²) in [5.74, 6) is -0.430. The maximum absolute atomic E-state index is 13.0. The number of ether oxygens (including phenoxy) is 1. The molecule has 19 heavy (non-hydrogen) atoms. The second-order valence-corrected chi connectivity index (χ2v) is 6.60. The smallest absolute Gasteiger partial charge is 0.235 e. The Kier molecular flexibility index (Phi) is 4.42. The molecular formula is C13H18FNO3S. The van der Waals surface area contributed by atoms with Crippen LogP contribution in [0.5, 0.6) is 0 Å². The number of halogens is 1. The summed E-state index contributed by atoms with van der Waals surface area (Å²) < 4.78 is 44.9. The van der Waals surface area contributed by atoms with Crippen molar-refractivity contribution in [2.24, 2.45) is 0 Å². The third-order valence-electron chi connectivity index (χ3n) is 3.13. The molecule has 1 fully saturated rings. The molecule has 1 aliphatic heterocycles. The van der Waals surface area contributed by atoms with Crippen LogP contribution in [0.3, 0.4) is 0 Å². The van der Waals surface area contributed by atoms with Crippen molar-refractivity contribution in [3.05, 3.63) is 29.6 Å². The Morgan fingerprint density at radius 3 is 2.84 bits per heavy atom. The number of sulfonamides is 1. The highest BCUT2D eigenvalue weighted by molar-refractivity contribution is 7.92. The van der Waals surface area contributed by atoms with Crippen molar-refractivity contribution in [3.63, 3.8) is 0 Å².